The summed E-state index contributed by atoms with van der Waals surface area (Å²) in [5, 5.41) is 15.6. The molecule has 8 heteroatoms. The summed E-state index contributed by atoms with van der Waals surface area (Å²) < 4.78 is 6.58. The van der Waals surface area contributed by atoms with E-state index in [0.717, 1.165) is 0 Å². The molecule has 0 aromatic heterocycles. The minimum absolute atomic E-state index is 0.222. The number of fused-ring (bicyclic) bond motifs is 1. The van der Waals surface area contributed by atoms with Gasteiger partial charge in [0.1, 0.15) is 11.6 Å². The summed E-state index contributed by atoms with van der Waals surface area (Å²) in [4.78, 5) is 41.5. The second-order valence-electron chi connectivity index (χ2n) is 9.68. The van der Waals surface area contributed by atoms with Gasteiger partial charge in [-0.1, -0.05) is 13.8 Å². The third kappa shape index (κ3) is 3.06. The van der Waals surface area contributed by atoms with Crippen molar-refractivity contribution in [2.75, 3.05) is 13.7 Å². The third-order valence-electron chi connectivity index (χ3n) is 6.97. The molecule has 1 spiro atoms. The molecule has 0 aliphatic carbocycles. The lowest BCUT2D eigenvalue weighted by Gasteiger charge is -2.38. The molecule has 3 heterocycles. The van der Waals surface area contributed by atoms with Crippen molar-refractivity contribution in [3.63, 3.8) is 0 Å². The van der Waals surface area contributed by atoms with Crippen molar-refractivity contribution >= 4 is 17.7 Å². The number of carbonyl (C=O) groups excluding carboxylic acids is 3. The monoisotopic (exact) mass is 409 g/mol. The molecule has 2 bridgehead atoms. The molecule has 3 aliphatic heterocycles. The van der Waals surface area contributed by atoms with Crippen molar-refractivity contribution in [2.24, 2.45) is 11.8 Å². The zero-order chi connectivity index (χ0) is 21.8. The van der Waals surface area contributed by atoms with Crippen molar-refractivity contribution in [1.82, 2.24) is 15.5 Å². The molecule has 2 unspecified atom stereocenters. The SMILES string of the molecule is CC[C@@H](CO)N1C(=O)[C@@H]2[C@@H](C(=O)NC)[C@@]3(CC)CCC2(O3)C1C(=O)NC(C)(C)C. The van der Waals surface area contributed by atoms with Crippen LogP contribution >= 0.6 is 0 Å². The molecule has 3 fully saturated rings. The van der Waals surface area contributed by atoms with Crippen LogP contribution in [0.15, 0.2) is 0 Å². The van der Waals surface area contributed by atoms with Crippen LogP contribution in [0.2, 0.25) is 0 Å². The summed E-state index contributed by atoms with van der Waals surface area (Å²) in [7, 11) is 1.56. The fourth-order valence-corrected chi connectivity index (χ4v) is 5.75. The van der Waals surface area contributed by atoms with Gasteiger partial charge < -0.3 is 25.4 Å². The van der Waals surface area contributed by atoms with Gasteiger partial charge in [0.05, 0.1) is 30.1 Å². The van der Waals surface area contributed by atoms with Gasteiger partial charge in [0.2, 0.25) is 17.7 Å². The highest BCUT2D eigenvalue weighted by atomic mass is 16.5. The maximum Gasteiger partial charge on any atom is 0.246 e. The zero-order valence-corrected chi connectivity index (χ0v) is 18.4. The van der Waals surface area contributed by atoms with Crippen LogP contribution in [0.25, 0.3) is 0 Å². The van der Waals surface area contributed by atoms with E-state index in [4.69, 9.17) is 4.74 Å². The molecule has 3 aliphatic rings. The highest BCUT2D eigenvalue weighted by Crippen LogP contribution is 2.64. The molecule has 3 rings (SSSR count). The summed E-state index contributed by atoms with van der Waals surface area (Å²) in [6, 6.07) is -1.36. The van der Waals surface area contributed by atoms with Crippen molar-refractivity contribution in [2.45, 2.75) is 89.1 Å². The van der Waals surface area contributed by atoms with Crippen molar-refractivity contribution in [3.8, 4) is 0 Å². The van der Waals surface area contributed by atoms with E-state index in [0.29, 0.717) is 25.7 Å². The second kappa shape index (κ2) is 7.23. The minimum atomic E-state index is -1.04. The number of aliphatic hydroxyl groups is 1. The zero-order valence-electron chi connectivity index (χ0n) is 18.4. The average molecular weight is 410 g/mol. The van der Waals surface area contributed by atoms with E-state index in [1.165, 1.54) is 4.90 Å². The van der Waals surface area contributed by atoms with Crippen molar-refractivity contribution < 1.29 is 24.2 Å². The molecule has 0 radical (unpaired) electrons. The maximum atomic E-state index is 13.7. The van der Waals surface area contributed by atoms with Gasteiger partial charge in [-0.05, 0) is 46.5 Å². The van der Waals surface area contributed by atoms with Gasteiger partial charge in [-0.3, -0.25) is 14.4 Å². The molecule has 6 atom stereocenters. The highest BCUT2D eigenvalue weighted by Gasteiger charge is 2.79. The number of aliphatic hydroxyl groups excluding tert-OH is 1. The standard InChI is InChI=1S/C21H35N3O5/c1-7-12(11-25)24-15(17(27)23-19(3,4)5)21-10-9-20(8-2,29-21)13(16(26)22-6)14(21)18(24)28/h12-15,25H,7-11H2,1-6H3,(H,22,26)(H,23,27)/t12-,13-,14-,15?,20+,21?/m0/s1. The number of hydrogen-bond donors (Lipinski definition) is 3. The van der Waals surface area contributed by atoms with Gasteiger partial charge in [0, 0.05) is 12.6 Å². The molecule has 0 saturated carbocycles. The Bertz CT molecular complexity index is 701. The lowest BCUT2D eigenvalue weighted by Crippen LogP contribution is -2.60. The first kappa shape index (κ1) is 22.0. The van der Waals surface area contributed by atoms with Crippen LogP contribution in [-0.2, 0) is 19.1 Å². The second-order valence-corrected chi connectivity index (χ2v) is 9.68. The summed E-state index contributed by atoms with van der Waals surface area (Å²) in [6.07, 6.45) is 2.29. The number of likely N-dealkylation sites (tertiary alicyclic amines) is 1. The number of nitrogens with zero attached hydrogens (tertiary/aromatic N) is 1. The lowest BCUT2D eigenvalue weighted by atomic mass is 9.65. The quantitative estimate of drug-likeness (QED) is 0.595. The number of hydrogen-bond acceptors (Lipinski definition) is 5. The molecule has 0 aromatic rings. The Balaban J connectivity index is 2.13. The Kier molecular flexibility index (Phi) is 5.49. The number of amides is 3. The van der Waals surface area contributed by atoms with E-state index in [9.17, 15) is 19.5 Å². The normalized spacial score (nSPS) is 36.9. The maximum absolute atomic E-state index is 13.7. The van der Waals surface area contributed by atoms with Gasteiger partial charge in [-0.2, -0.15) is 0 Å². The van der Waals surface area contributed by atoms with E-state index in [1.54, 1.807) is 7.05 Å². The first-order valence-corrected chi connectivity index (χ1v) is 10.7. The lowest BCUT2D eigenvalue weighted by molar-refractivity contribution is -0.151. The molecular formula is C21H35N3O5. The van der Waals surface area contributed by atoms with E-state index in [1.807, 2.05) is 34.6 Å². The van der Waals surface area contributed by atoms with Crippen LogP contribution in [-0.4, -0.2) is 70.2 Å². The van der Waals surface area contributed by atoms with Crippen LogP contribution in [0.3, 0.4) is 0 Å². The summed E-state index contributed by atoms with van der Waals surface area (Å²) in [6.45, 7) is 9.26. The number of carbonyl (C=O) groups is 3. The first-order valence-electron chi connectivity index (χ1n) is 10.7. The molecule has 8 nitrogen and oxygen atoms in total. The van der Waals surface area contributed by atoms with Gasteiger partial charge in [-0.15, -0.1) is 0 Å². The van der Waals surface area contributed by atoms with E-state index < -0.39 is 40.7 Å². The van der Waals surface area contributed by atoms with Crippen molar-refractivity contribution in [1.29, 1.82) is 0 Å². The smallest absolute Gasteiger partial charge is 0.246 e. The Hall–Kier alpha value is -1.67. The molecule has 3 saturated heterocycles. The molecular weight excluding hydrogens is 374 g/mol. The Labute approximate surface area is 172 Å². The Morgan fingerprint density at radius 3 is 2.41 bits per heavy atom. The predicted molar refractivity (Wildman–Crippen MR) is 107 cm³/mol. The fraction of sp³-hybridized carbons (Fsp3) is 0.857. The molecule has 3 amide bonds. The number of rotatable bonds is 6. The Morgan fingerprint density at radius 1 is 1.28 bits per heavy atom. The van der Waals surface area contributed by atoms with Crippen LogP contribution < -0.4 is 10.6 Å². The van der Waals surface area contributed by atoms with Crippen LogP contribution in [0.4, 0.5) is 0 Å². The fourth-order valence-electron chi connectivity index (χ4n) is 5.75. The van der Waals surface area contributed by atoms with Crippen LogP contribution in [0, 0.1) is 11.8 Å². The number of ether oxygens (including phenoxy) is 1. The Morgan fingerprint density at radius 2 is 1.93 bits per heavy atom. The number of nitrogens with one attached hydrogen (secondary N) is 2. The summed E-state index contributed by atoms with van der Waals surface area (Å²) in [5.41, 5.74) is -2.25. The van der Waals surface area contributed by atoms with Gasteiger partial charge >= 0.3 is 0 Å². The average Bonchev–Trinajstić information content (AvgIpc) is 3.25. The van der Waals surface area contributed by atoms with E-state index in [2.05, 4.69) is 10.6 Å². The third-order valence-corrected chi connectivity index (χ3v) is 6.97. The van der Waals surface area contributed by atoms with Crippen molar-refractivity contribution in [3.05, 3.63) is 0 Å². The molecule has 29 heavy (non-hydrogen) atoms. The first-order chi connectivity index (χ1) is 13.5. The highest BCUT2D eigenvalue weighted by molar-refractivity contribution is 5.99. The van der Waals surface area contributed by atoms with E-state index >= 15 is 0 Å². The van der Waals surface area contributed by atoms with Gasteiger partial charge in [0.15, 0.2) is 0 Å². The van der Waals surface area contributed by atoms with E-state index in [-0.39, 0.29) is 24.3 Å². The van der Waals surface area contributed by atoms with Crippen LogP contribution in [0.1, 0.15) is 60.3 Å². The molecule has 3 N–H and O–H groups in total. The van der Waals surface area contributed by atoms with Crippen LogP contribution in [0.5, 0.6) is 0 Å². The predicted octanol–water partition coefficient (Wildman–Crippen LogP) is 0.573. The summed E-state index contributed by atoms with van der Waals surface area (Å²) in [5.74, 6) is -2.12. The molecule has 0 aromatic carbocycles. The minimum Gasteiger partial charge on any atom is -0.394 e. The molecule has 164 valence electrons. The van der Waals surface area contributed by atoms with Gasteiger partial charge in [0.25, 0.3) is 0 Å². The topological polar surface area (TPSA) is 108 Å². The van der Waals surface area contributed by atoms with Gasteiger partial charge in [-0.25, -0.2) is 0 Å². The largest absolute Gasteiger partial charge is 0.394 e. The summed E-state index contributed by atoms with van der Waals surface area (Å²) >= 11 is 0.